The summed E-state index contributed by atoms with van der Waals surface area (Å²) in [6, 6.07) is 20.3. The largest absolute Gasteiger partial charge is 0.282 e. The maximum Gasteiger partial charge on any atom is 0.187 e. The van der Waals surface area contributed by atoms with Gasteiger partial charge in [-0.05, 0) is 55.7 Å². The molecule has 2 aromatic heterocycles. The molecule has 0 bridgehead atoms. The first kappa shape index (κ1) is 16.2. The van der Waals surface area contributed by atoms with E-state index in [0.717, 1.165) is 34.0 Å². The Morgan fingerprint density at radius 2 is 1.58 bits per heavy atom. The summed E-state index contributed by atoms with van der Waals surface area (Å²) >= 11 is 0. The van der Waals surface area contributed by atoms with Crippen LogP contribution in [0.5, 0.6) is 0 Å². The molecule has 0 fully saturated rings. The minimum Gasteiger partial charge on any atom is -0.282 e. The molecule has 0 spiro atoms. The Hall–Kier alpha value is -3.27. The van der Waals surface area contributed by atoms with Crippen LogP contribution in [0.25, 0.3) is 16.9 Å². The van der Waals surface area contributed by atoms with Crippen molar-refractivity contribution in [3.8, 4) is 11.3 Å². The first-order valence-electron chi connectivity index (χ1n) is 8.65. The highest BCUT2D eigenvalue weighted by Gasteiger charge is 2.14. The summed E-state index contributed by atoms with van der Waals surface area (Å²) < 4.78 is 2.00. The van der Waals surface area contributed by atoms with Gasteiger partial charge in [0, 0.05) is 11.8 Å². The molecule has 2 aromatic carbocycles. The number of hydrogen-bond acceptors (Lipinski definition) is 3. The van der Waals surface area contributed by atoms with Gasteiger partial charge in [-0.1, -0.05) is 42.5 Å². The van der Waals surface area contributed by atoms with Crippen LogP contribution in [0.3, 0.4) is 0 Å². The molecule has 0 aliphatic heterocycles. The van der Waals surface area contributed by atoms with Crippen LogP contribution in [-0.4, -0.2) is 9.38 Å². The number of hydrogen-bond donors (Lipinski definition) is 0. The summed E-state index contributed by atoms with van der Waals surface area (Å²) in [7, 11) is 0. The number of azo groups is 1. The SMILES string of the molecule is Cc1ccc(N=Nc2c(-c3ccccc3)nc3c(C)cccn23)cc1C. The van der Waals surface area contributed by atoms with Gasteiger partial charge in [-0.2, -0.15) is 0 Å². The van der Waals surface area contributed by atoms with E-state index in [2.05, 4.69) is 49.2 Å². The highest BCUT2D eigenvalue weighted by molar-refractivity contribution is 5.75. The van der Waals surface area contributed by atoms with Gasteiger partial charge >= 0.3 is 0 Å². The third kappa shape index (κ3) is 2.90. The van der Waals surface area contributed by atoms with Gasteiger partial charge in [-0.3, -0.25) is 4.40 Å². The zero-order valence-corrected chi connectivity index (χ0v) is 15.1. The van der Waals surface area contributed by atoms with Crippen molar-refractivity contribution in [3.05, 3.63) is 83.6 Å². The van der Waals surface area contributed by atoms with Gasteiger partial charge in [0.1, 0.15) is 11.3 Å². The van der Waals surface area contributed by atoms with Crippen LogP contribution in [0.15, 0.2) is 77.1 Å². The Balaban J connectivity index is 1.88. The molecule has 0 amide bonds. The molecule has 0 N–H and O–H groups in total. The summed E-state index contributed by atoms with van der Waals surface area (Å²) in [5, 5.41) is 9.06. The van der Waals surface area contributed by atoms with Gasteiger partial charge in [0.15, 0.2) is 5.82 Å². The van der Waals surface area contributed by atoms with Crippen LogP contribution in [-0.2, 0) is 0 Å². The lowest BCUT2D eigenvalue weighted by molar-refractivity contribution is 1.09. The lowest BCUT2D eigenvalue weighted by Gasteiger charge is -2.01. The first-order chi connectivity index (χ1) is 12.6. The van der Waals surface area contributed by atoms with Crippen molar-refractivity contribution in [1.82, 2.24) is 9.38 Å². The summed E-state index contributed by atoms with van der Waals surface area (Å²) in [6.07, 6.45) is 1.98. The van der Waals surface area contributed by atoms with Crippen LogP contribution in [0.2, 0.25) is 0 Å². The fraction of sp³-hybridized carbons (Fsp3) is 0.136. The summed E-state index contributed by atoms with van der Waals surface area (Å²) in [5.74, 6) is 0.744. The van der Waals surface area contributed by atoms with E-state index >= 15 is 0 Å². The predicted molar refractivity (Wildman–Crippen MR) is 105 cm³/mol. The van der Waals surface area contributed by atoms with E-state index in [4.69, 9.17) is 4.98 Å². The molecule has 4 aromatic rings. The molecular formula is C22H20N4. The Kier molecular flexibility index (Phi) is 4.09. The van der Waals surface area contributed by atoms with Crippen LogP contribution in [0.4, 0.5) is 11.5 Å². The van der Waals surface area contributed by atoms with Crippen molar-refractivity contribution < 1.29 is 0 Å². The predicted octanol–water partition coefficient (Wildman–Crippen LogP) is 6.34. The highest BCUT2D eigenvalue weighted by Crippen LogP contribution is 2.33. The van der Waals surface area contributed by atoms with Crippen LogP contribution in [0.1, 0.15) is 16.7 Å². The lowest BCUT2D eigenvalue weighted by atomic mass is 10.1. The van der Waals surface area contributed by atoms with Gasteiger partial charge in [0.05, 0.1) is 5.69 Å². The average molecular weight is 340 g/mol. The number of imidazole rings is 1. The molecule has 4 rings (SSSR count). The minimum absolute atomic E-state index is 0.744. The highest BCUT2D eigenvalue weighted by atomic mass is 15.2. The smallest absolute Gasteiger partial charge is 0.187 e. The second kappa shape index (κ2) is 6.56. The number of rotatable bonds is 3. The Bertz CT molecular complexity index is 1110. The van der Waals surface area contributed by atoms with Gasteiger partial charge in [0.2, 0.25) is 0 Å². The van der Waals surface area contributed by atoms with E-state index in [0.29, 0.717) is 0 Å². The van der Waals surface area contributed by atoms with Crippen molar-refractivity contribution >= 4 is 17.2 Å². The molecule has 0 aliphatic carbocycles. The third-order valence-electron chi connectivity index (χ3n) is 4.62. The number of nitrogens with zero attached hydrogens (tertiary/aromatic N) is 4. The normalized spacial score (nSPS) is 11.5. The van der Waals surface area contributed by atoms with E-state index in [1.54, 1.807) is 0 Å². The zero-order chi connectivity index (χ0) is 18.1. The third-order valence-corrected chi connectivity index (χ3v) is 4.62. The van der Waals surface area contributed by atoms with Gasteiger partial charge < -0.3 is 0 Å². The van der Waals surface area contributed by atoms with E-state index in [9.17, 15) is 0 Å². The fourth-order valence-corrected chi connectivity index (χ4v) is 2.97. The summed E-state index contributed by atoms with van der Waals surface area (Å²) in [4.78, 5) is 4.84. The summed E-state index contributed by atoms with van der Waals surface area (Å²) in [6.45, 7) is 6.24. The monoisotopic (exact) mass is 340 g/mol. The molecule has 26 heavy (non-hydrogen) atoms. The molecule has 0 saturated heterocycles. The van der Waals surface area contributed by atoms with E-state index in [-0.39, 0.29) is 0 Å². The Morgan fingerprint density at radius 3 is 2.35 bits per heavy atom. The quantitative estimate of drug-likeness (QED) is 0.401. The van der Waals surface area contributed by atoms with E-state index in [1.807, 2.05) is 53.1 Å². The standard InChI is InChI=1S/C22H20N4/c1-15-11-12-19(14-17(15)3)24-25-22-20(18-9-5-4-6-10-18)23-21-16(2)8-7-13-26(21)22/h4-14H,1-3H3. The molecule has 0 saturated carbocycles. The molecule has 0 radical (unpaired) electrons. The average Bonchev–Trinajstić information content (AvgIpc) is 3.03. The number of fused-ring (bicyclic) bond motifs is 1. The van der Waals surface area contributed by atoms with Crippen molar-refractivity contribution in [2.45, 2.75) is 20.8 Å². The van der Waals surface area contributed by atoms with Crippen molar-refractivity contribution in [3.63, 3.8) is 0 Å². The fourth-order valence-electron chi connectivity index (χ4n) is 2.97. The van der Waals surface area contributed by atoms with Crippen molar-refractivity contribution in [2.24, 2.45) is 10.2 Å². The Morgan fingerprint density at radius 1 is 0.769 bits per heavy atom. The van der Waals surface area contributed by atoms with E-state index < -0.39 is 0 Å². The number of benzene rings is 2. The minimum atomic E-state index is 0.744. The van der Waals surface area contributed by atoms with Crippen molar-refractivity contribution in [2.75, 3.05) is 0 Å². The topological polar surface area (TPSA) is 42.0 Å². The first-order valence-corrected chi connectivity index (χ1v) is 8.65. The maximum absolute atomic E-state index is 4.84. The molecule has 0 unspecified atom stereocenters. The van der Waals surface area contributed by atoms with Gasteiger partial charge in [0.25, 0.3) is 0 Å². The number of aryl methyl sites for hydroxylation is 3. The molecule has 2 heterocycles. The van der Waals surface area contributed by atoms with Crippen molar-refractivity contribution in [1.29, 1.82) is 0 Å². The zero-order valence-electron chi connectivity index (χ0n) is 15.1. The van der Waals surface area contributed by atoms with E-state index in [1.165, 1.54) is 11.1 Å². The molecule has 4 heteroatoms. The van der Waals surface area contributed by atoms with Crippen LogP contribution >= 0.6 is 0 Å². The van der Waals surface area contributed by atoms with Crippen LogP contribution < -0.4 is 0 Å². The number of pyridine rings is 1. The summed E-state index contributed by atoms with van der Waals surface area (Å²) in [5.41, 5.74) is 7.18. The Labute approximate surface area is 152 Å². The molecule has 0 aliphatic rings. The molecule has 0 atom stereocenters. The molecular weight excluding hydrogens is 320 g/mol. The number of aromatic nitrogens is 2. The lowest BCUT2D eigenvalue weighted by Crippen LogP contribution is -1.85. The second-order valence-electron chi connectivity index (χ2n) is 6.50. The van der Waals surface area contributed by atoms with Crippen LogP contribution in [0, 0.1) is 20.8 Å². The second-order valence-corrected chi connectivity index (χ2v) is 6.50. The molecule has 128 valence electrons. The van der Waals surface area contributed by atoms with Gasteiger partial charge in [-0.15, -0.1) is 10.2 Å². The maximum atomic E-state index is 4.84. The molecule has 4 nitrogen and oxygen atoms in total. The van der Waals surface area contributed by atoms with Gasteiger partial charge in [-0.25, -0.2) is 4.98 Å².